The Morgan fingerprint density at radius 3 is 2.50 bits per heavy atom. The monoisotopic (exact) mass is 296 g/mol. The van der Waals surface area contributed by atoms with Gasteiger partial charge in [0.15, 0.2) is 0 Å². The number of hydrogen-bond acceptors (Lipinski definition) is 4. The summed E-state index contributed by atoms with van der Waals surface area (Å²) in [6, 6.07) is 14.2. The Kier molecular flexibility index (Phi) is 5.37. The second kappa shape index (κ2) is 7.68. The Morgan fingerprint density at radius 1 is 1.09 bits per heavy atom. The number of nitrogens with zero attached hydrogens (tertiary/aromatic N) is 2. The van der Waals surface area contributed by atoms with E-state index in [1.54, 1.807) is 37.3 Å². The van der Waals surface area contributed by atoms with Gasteiger partial charge in [-0.3, -0.25) is 14.6 Å². The maximum Gasteiger partial charge on any atom is 0.289 e. The first-order valence-electron chi connectivity index (χ1n) is 6.74. The van der Waals surface area contributed by atoms with Crippen molar-refractivity contribution in [3.8, 4) is 0 Å². The Morgan fingerprint density at radius 2 is 1.82 bits per heavy atom. The third-order valence-corrected chi connectivity index (χ3v) is 2.72. The van der Waals surface area contributed by atoms with Crippen LogP contribution in [-0.4, -0.2) is 22.5 Å². The summed E-state index contributed by atoms with van der Waals surface area (Å²) in [7, 11) is 0. The molecule has 0 aliphatic rings. The second-order valence-corrected chi connectivity index (χ2v) is 4.59. The van der Waals surface area contributed by atoms with Gasteiger partial charge >= 0.3 is 0 Å². The van der Waals surface area contributed by atoms with Crippen LogP contribution in [0, 0.1) is 0 Å². The SMILES string of the molecule is C/C(CC(=O)Nc1ccccc1)=N\NC(=O)c1ccccn1. The first-order chi connectivity index (χ1) is 10.6. The van der Waals surface area contributed by atoms with Crippen molar-refractivity contribution in [2.24, 2.45) is 5.10 Å². The summed E-state index contributed by atoms with van der Waals surface area (Å²) >= 11 is 0. The van der Waals surface area contributed by atoms with E-state index in [2.05, 4.69) is 20.8 Å². The molecule has 0 fully saturated rings. The zero-order valence-corrected chi connectivity index (χ0v) is 12.1. The molecule has 0 bridgehead atoms. The number of para-hydroxylation sites is 1. The summed E-state index contributed by atoms with van der Waals surface area (Å²) in [6.07, 6.45) is 1.62. The molecular formula is C16H16N4O2. The van der Waals surface area contributed by atoms with Gasteiger partial charge in [-0.2, -0.15) is 5.10 Å². The van der Waals surface area contributed by atoms with Gasteiger partial charge < -0.3 is 5.32 Å². The van der Waals surface area contributed by atoms with Crippen molar-refractivity contribution in [1.82, 2.24) is 10.4 Å². The number of rotatable bonds is 5. The molecule has 0 saturated heterocycles. The van der Waals surface area contributed by atoms with Gasteiger partial charge in [-0.25, -0.2) is 5.43 Å². The molecule has 6 heteroatoms. The van der Waals surface area contributed by atoms with Crippen LogP contribution in [0.2, 0.25) is 0 Å². The number of carbonyl (C=O) groups is 2. The highest BCUT2D eigenvalue weighted by Gasteiger charge is 2.07. The molecule has 0 unspecified atom stereocenters. The minimum absolute atomic E-state index is 0.0946. The van der Waals surface area contributed by atoms with Crippen LogP contribution in [0.1, 0.15) is 23.8 Å². The van der Waals surface area contributed by atoms with Gasteiger partial charge in [0.1, 0.15) is 5.69 Å². The summed E-state index contributed by atoms with van der Waals surface area (Å²) in [5, 5.41) is 6.65. The van der Waals surface area contributed by atoms with E-state index in [-0.39, 0.29) is 18.0 Å². The second-order valence-electron chi connectivity index (χ2n) is 4.59. The zero-order chi connectivity index (χ0) is 15.8. The third kappa shape index (κ3) is 4.82. The molecule has 2 N–H and O–H groups in total. The van der Waals surface area contributed by atoms with Crippen LogP contribution in [-0.2, 0) is 4.79 Å². The number of amides is 2. The van der Waals surface area contributed by atoms with Crippen molar-refractivity contribution < 1.29 is 9.59 Å². The number of hydrazone groups is 1. The molecule has 1 aromatic heterocycles. The molecule has 0 radical (unpaired) electrons. The van der Waals surface area contributed by atoms with E-state index in [0.717, 1.165) is 5.69 Å². The fraction of sp³-hybridized carbons (Fsp3) is 0.125. The molecule has 0 saturated carbocycles. The fourth-order valence-corrected chi connectivity index (χ4v) is 1.70. The number of hydrogen-bond donors (Lipinski definition) is 2. The summed E-state index contributed by atoms with van der Waals surface area (Å²) in [4.78, 5) is 27.5. The lowest BCUT2D eigenvalue weighted by Crippen LogP contribution is -2.22. The van der Waals surface area contributed by atoms with Crippen LogP contribution in [0.3, 0.4) is 0 Å². The van der Waals surface area contributed by atoms with Crippen molar-refractivity contribution in [3.05, 3.63) is 60.4 Å². The Hall–Kier alpha value is -3.02. The van der Waals surface area contributed by atoms with E-state index in [1.165, 1.54) is 6.20 Å². The standard InChI is InChI=1S/C16H16N4O2/c1-12(11-15(21)18-13-7-3-2-4-8-13)19-20-16(22)14-9-5-6-10-17-14/h2-10H,11H2,1H3,(H,18,21)(H,20,22)/b19-12+. The molecule has 1 heterocycles. The molecule has 0 aliphatic carbocycles. The number of anilines is 1. The van der Waals surface area contributed by atoms with Crippen LogP contribution in [0.4, 0.5) is 5.69 Å². The topological polar surface area (TPSA) is 83.5 Å². The van der Waals surface area contributed by atoms with Crippen LogP contribution in [0.25, 0.3) is 0 Å². The molecule has 22 heavy (non-hydrogen) atoms. The van der Waals surface area contributed by atoms with E-state index < -0.39 is 5.91 Å². The van der Waals surface area contributed by atoms with E-state index in [0.29, 0.717) is 5.71 Å². The highest BCUT2D eigenvalue weighted by atomic mass is 16.2. The molecule has 0 spiro atoms. The Labute approximate surface area is 128 Å². The van der Waals surface area contributed by atoms with E-state index in [4.69, 9.17) is 0 Å². The van der Waals surface area contributed by atoms with Gasteiger partial charge in [-0.05, 0) is 31.2 Å². The molecule has 0 aliphatic heterocycles. The predicted octanol–water partition coefficient (Wildman–Crippen LogP) is 2.22. The lowest BCUT2D eigenvalue weighted by Gasteiger charge is -2.05. The summed E-state index contributed by atoms with van der Waals surface area (Å²) in [5.74, 6) is -0.608. The first-order valence-corrected chi connectivity index (χ1v) is 6.74. The van der Waals surface area contributed by atoms with Crippen molar-refractivity contribution in [2.45, 2.75) is 13.3 Å². The van der Waals surface area contributed by atoms with Gasteiger partial charge in [-0.15, -0.1) is 0 Å². The largest absolute Gasteiger partial charge is 0.326 e. The van der Waals surface area contributed by atoms with Crippen LogP contribution < -0.4 is 10.7 Å². The molecule has 1 aromatic carbocycles. The number of carbonyl (C=O) groups excluding carboxylic acids is 2. The molecule has 2 amide bonds. The molecule has 112 valence electrons. The van der Waals surface area contributed by atoms with Gasteiger partial charge in [0.25, 0.3) is 5.91 Å². The summed E-state index contributed by atoms with van der Waals surface area (Å²) in [5.41, 5.74) is 3.86. The Balaban J connectivity index is 1.85. The predicted molar refractivity (Wildman–Crippen MR) is 84.5 cm³/mol. The quantitative estimate of drug-likeness (QED) is 0.655. The van der Waals surface area contributed by atoms with Crippen molar-refractivity contribution in [3.63, 3.8) is 0 Å². The van der Waals surface area contributed by atoms with E-state index in [1.807, 2.05) is 18.2 Å². The molecule has 6 nitrogen and oxygen atoms in total. The summed E-state index contributed by atoms with van der Waals surface area (Å²) in [6.45, 7) is 1.67. The van der Waals surface area contributed by atoms with E-state index >= 15 is 0 Å². The minimum Gasteiger partial charge on any atom is -0.326 e. The lowest BCUT2D eigenvalue weighted by atomic mass is 10.2. The van der Waals surface area contributed by atoms with Gasteiger partial charge in [0, 0.05) is 17.6 Å². The van der Waals surface area contributed by atoms with Crippen molar-refractivity contribution >= 4 is 23.2 Å². The summed E-state index contributed by atoms with van der Waals surface area (Å²) < 4.78 is 0. The van der Waals surface area contributed by atoms with Crippen LogP contribution >= 0.6 is 0 Å². The molecule has 0 atom stereocenters. The van der Waals surface area contributed by atoms with E-state index in [9.17, 15) is 9.59 Å². The number of nitrogens with one attached hydrogen (secondary N) is 2. The first kappa shape index (κ1) is 15.4. The average Bonchev–Trinajstić information content (AvgIpc) is 2.54. The van der Waals surface area contributed by atoms with Crippen LogP contribution in [0.5, 0.6) is 0 Å². The third-order valence-electron chi connectivity index (χ3n) is 2.72. The zero-order valence-electron chi connectivity index (χ0n) is 12.1. The minimum atomic E-state index is -0.414. The number of benzene rings is 1. The van der Waals surface area contributed by atoms with Crippen molar-refractivity contribution in [1.29, 1.82) is 0 Å². The fourth-order valence-electron chi connectivity index (χ4n) is 1.70. The highest BCUT2D eigenvalue weighted by molar-refractivity contribution is 6.06. The Bertz CT molecular complexity index is 669. The maximum absolute atomic E-state index is 11.8. The van der Waals surface area contributed by atoms with Gasteiger partial charge in [0.05, 0.1) is 6.42 Å². The van der Waals surface area contributed by atoms with Crippen LogP contribution in [0.15, 0.2) is 59.8 Å². The molecule has 2 rings (SSSR count). The van der Waals surface area contributed by atoms with Crippen molar-refractivity contribution in [2.75, 3.05) is 5.32 Å². The average molecular weight is 296 g/mol. The van der Waals surface area contributed by atoms with Gasteiger partial charge in [-0.1, -0.05) is 24.3 Å². The lowest BCUT2D eigenvalue weighted by molar-refractivity contribution is -0.115. The number of pyridine rings is 1. The highest BCUT2D eigenvalue weighted by Crippen LogP contribution is 2.05. The van der Waals surface area contributed by atoms with Gasteiger partial charge in [0.2, 0.25) is 5.91 Å². The number of aromatic nitrogens is 1. The molecule has 2 aromatic rings. The smallest absolute Gasteiger partial charge is 0.289 e. The normalized spacial score (nSPS) is 10.9. The maximum atomic E-state index is 11.8. The molecular weight excluding hydrogens is 280 g/mol.